The van der Waals surface area contributed by atoms with Crippen molar-refractivity contribution in [1.82, 2.24) is 0 Å². The number of methoxy groups -OCH3 is 5. The van der Waals surface area contributed by atoms with E-state index in [0.717, 1.165) is 29.7 Å². The zero-order chi connectivity index (χ0) is 21.5. The van der Waals surface area contributed by atoms with Crippen LogP contribution in [0.25, 0.3) is 0 Å². The molecule has 0 bridgehead atoms. The molecule has 0 saturated heterocycles. The van der Waals surface area contributed by atoms with Gasteiger partial charge in [0.2, 0.25) is 0 Å². The molecule has 160 valence electrons. The summed E-state index contributed by atoms with van der Waals surface area (Å²) in [6.45, 7) is 0. The summed E-state index contributed by atoms with van der Waals surface area (Å²) in [7, 11) is 8.26. The monoisotopic (exact) mass is 410 g/mol. The normalized spacial score (nSPS) is 18.3. The third-order valence-electron chi connectivity index (χ3n) is 5.46. The molecule has 2 aromatic rings. The fourth-order valence-electron chi connectivity index (χ4n) is 3.91. The van der Waals surface area contributed by atoms with Gasteiger partial charge in [-0.25, -0.2) is 0 Å². The zero-order valence-electron chi connectivity index (χ0n) is 18.3. The molecule has 0 heterocycles. The topological polar surface area (TPSA) is 46.2 Å². The molecule has 0 amide bonds. The molecular formula is C25H30O5. The average Bonchev–Trinajstić information content (AvgIpc) is 2.77. The molecule has 0 N–H and O–H groups in total. The van der Waals surface area contributed by atoms with Crippen molar-refractivity contribution < 1.29 is 23.7 Å². The maximum atomic E-state index is 5.74. The van der Waals surface area contributed by atoms with Gasteiger partial charge in [0, 0.05) is 23.5 Å². The van der Waals surface area contributed by atoms with E-state index >= 15 is 0 Å². The molecule has 5 nitrogen and oxygen atoms in total. The number of benzene rings is 2. The Balaban J connectivity index is 2.15. The van der Waals surface area contributed by atoms with Crippen molar-refractivity contribution in [2.75, 3.05) is 35.5 Å². The van der Waals surface area contributed by atoms with Crippen LogP contribution >= 0.6 is 0 Å². The summed E-state index contributed by atoms with van der Waals surface area (Å²) in [6.07, 6.45) is 11.0. The number of ether oxygens (including phenoxy) is 5. The first-order valence-corrected chi connectivity index (χ1v) is 10.0. The molecule has 2 atom stereocenters. The largest absolute Gasteiger partial charge is 0.496 e. The van der Waals surface area contributed by atoms with Crippen LogP contribution in [0.2, 0.25) is 0 Å². The van der Waals surface area contributed by atoms with E-state index in [9.17, 15) is 0 Å². The molecule has 5 heteroatoms. The molecule has 0 fully saturated rings. The third-order valence-corrected chi connectivity index (χ3v) is 5.46. The minimum Gasteiger partial charge on any atom is -0.496 e. The van der Waals surface area contributed by atoms with Gasteiger partial charge in [0.15, 0.2) is 23.0 Å². The minimum atomic E-state index is 0.0504. The Kier molecular flexibility index (Phi) is 7.28. The van der Waals surface area contributed by atoms with Gasteiger partial charge < -0.3 is 23.7 Å². The van der Waals surface area contributed by atoms with Gasteiger partial charge in [-0.2, -0.15) is 0 Å². The van der Waals surface area contributed by atoms with Crippen LogP contribution in [0.1, 0.15) is 35.8 Å². The third kappa shape index (κ3) is 4.40. The molecule has 1 aliphatic carbocycles. The van der Waals surface area contributed by atoms with Crippen LogP contribution in [-0.4, -0.2) is 35.5 Å². The first-order chi connectivity index (χ1) is 14.7. The van der Waals surface area contributed by atoms with Crippen molar-refractivity contribution in [3.63, 3.8) is 0 Å². The van der Waals surface area contributed by atoms with Gasteiger partial charge in [-0.15, -0.1) is 0 Å². The molecule has 0 aromatic heterocycles. The maximum Gasteiger partial charge on any atom is 0.164 e. The number of hydrogen-bond donors (Lipinski definition) is 0. The Hall–Kier alpha value is -3.08. The summed E-state index contributed by atoms with van der Waals surface area (Å²) in [4.78, 5) is 0. The van der Waals surface area contributed by atoms with Gasteiger partial charge in [-0.1, -0.05) is 30.4 Å². The Bertz CT molecular complexity index is 916. The van der Waals surface area contributed by atoms with Crippen LogP contribution in [0.15, 0.2) is 54.6 Å². The van der Waals surface area contributed by atoms with Crippen LogP contribution in [0, 0.1) is 0 Å². The second kappa shape index (κ2) is 10.1. The molecule has 0 spiro atoms. The Labute approximate surface area is 178 Å². The Morgan fingerprint density at radius 3 is 1.70 bits per heavy atom. The SMILES string of the molecule is COc1ccc(C2C=CCCC=CC2c2cc(OC)c(OC)cc2OC)cc1OC. The number of hydrogen-bond acceptors (Lipinski definition) is 5. The summed E-state index contributed by atoms with van der Waals surface area (Å²) in [5.74, 6) is 3.66. The van der Waals surface area contributed by atoms with Crippen molar-refractivity contribution in [3.05, 3.63) is 65.8 Å². The molecule has 0 radical (unpaired) electrons. The van der Waals surface area contributed by atoms with Gasteiger partial charge in [0.05, 0.1) is 35.5 Å². The van der Waals surface area contributed by atoms with Gasteiger partial charge in [-0.05, 0) is 36.6 Å². The maximum absolute atomic E-state index is 5.74. The highest BCUT2D eigenvalue weighted by atomic mass is 16.5. The van der Waals surface area contributed by atoms with Crippen LogP contribution in [0.3, 0.4) is 0 Å². The van der Waals surface area contributed by atoms with E-state index in [0.29, 0.717) is 23.0 Å². The van der Waals surface area contributed by atoms with Crippen molar-refractivity contribution in [3.8, 4) is 28.7 Å². The number of rotatable bonds is 7. The smallest absolute Gasteiger partial charge is 0.164 e. The summed E-state index contributed by atoms with van der Waals surface area (Å²) in [5, 5.41) is 0. The Morgan fingerprint density at radius 1 is 0.567 bits per heavy atom. The number of allylic oxidation sites excluding steroid dienone is 4. The molecule has 30 heavy (non-hydrogen) atoms. The molecule has 0 aliphatic heterocycles. The van der Waals surface area contributed by atoms with Crippen molar-refractivity contribution in [1.29, 1.82) is 0 Å². The quantitative estimate of drug-likeness (QED) is 0.564. The first-order valence-electron chi connectivity index (χ1n) is 10.0. The van der Waals surface area contributed by atoms with Crippen LogP contribution in [0.4, 0.5) is 0 Å². The lowest BCUT2D eigenvalue weighted by atomic mass is 9.79. The van der Waals surface area contributed by atoms with E-state index in [1.54, 1.807) is 35.5 Å². The van der Waals surface area contributed by atoms with Crippen molar-refractivity contribution in [2.45, 2.75) is 24.7 Å². The van der Waals surface area contributed by atoms with Crippen LogP contribution in [0.5, 0.6) is 28.7 Å². The predicted octanol–water partition coefficient (Wildman–Crippen LogP) is 5.50. The standard InChI is InChI=1S/C25H30O5/c1-26-21-13-12-17(14-23(21)28-3)18-10-8-6-7-9-11-19(18)20-15-24(29-4)25(30-5)16-22(20)27-2/h8-16,18-19H,6-7H2,1-5H3. The van der Waals surface area contributed by atoms with E-state index in [2.05, 4.69) is 30.4 Å². The second-order valence-corrected chi connectivity index (χ2v) is 7.05. The van der Waals surface area contributed by atoms with Crippen LogP contribution in [-0.2, 0) is 0 Å². The highest BCUT2D eigenvalue weighted by Crippen LogP contribution is 2.46. The average molecular weight is 411 g/mol. The lowest BCUT2D eigenvalue weighted by molar-refractivity contribution is 0.346. The van der Waals surface area contributed by atoms with E-state index in [-0.39, 0.29) is 11.8 Å². The summed E-state index contributed by atoms with van der Waals surface area (Å²) >= 11 is 0. The molecule has 2 unspecified atom stereocenters. The molecule has 0 saturated carbocycles. The van der Waals surface area contributed by atoms with Crippen molar-refractivity contribution >= 4 is 0 Å². The predicted molar refractivity (Wildman–Crippen MR) is 119 cm³/mol. The second-order valence-electron chi connectivity index (χ2n) is 7.05. The molecule has 2 aromatic carbocycles. The van der Waals surface area contributed by atoms with E-state index in [1.807, 2.05) is 24.3 Å². The highest BCUT2D eigenvalue weighted by molar-refractivity contribution is 5.55. The summed E-state index contributed by atoms with van der Waals surface area (Å²) < 4.78 is 27.7. The fraction of sp³-hybridized carbons (Fsp3) is 0.360. The van der Waals surface area contributed by atoms with Gasteiger partial charge in [0.1, 0.15) is 5.75 Å². The lowest BCUT2D eigenvalue weighted by Gasteiger charge is -2.27. The first kappa shape index (κ1) is 21.6. The molecule has 1 aliphatic rings. The van der Waals surface area contributed by atoms with E-state index in [1.165, 1.54) is 0 Å². The van der Waals surface area contributed by atoms with Crippen LogP contribution < -0.4 is 23.7 Å². The highest BCUT2D eigenvalue weighted by Gasteiger charge is 2.27. The van der Waals surface area contributed by atoms with Crippen molar-refractivity contribution in [2.24, 2.45) is 0 Å². The minimum absolute atomic E-state index is 0.0504. The fourth-order valence-corrected chi connectivity index (χ4v) is 3.91. The van der Waals surface area contributed by atoms with Gasteiger partial charge in [-0.3, -0.25) is 0 Å². The summed E-state index contributed by atoms with van der Waals surface area (Å²) in [5.41, 5.74) is 2.18. The Morgan fingerprint density at radius 2 is 1.10 bits per heavy atom. The summed E-state index contributed by atoms with van der Waals surface area (Å²) in [6, 6.07) is 9.98. The lowest BCUT2D eigenvalue weighted by Crippen LogP contribution is -2.11. The van der Waals surface area contributed by atoms with E-state index in [4.69, 9.17) is 23.7 Å². The van der Waals surface area contributed by atoms with Gasteiger partial charge in [0.25, 0.3) is 0 Å². The molecule has 3 rings (SSSR count). The van der Waals surface area contributed by atoms with Gasteiger partial charge >= 0.3 is 0 Å². The molecular weight excluding hydrogens is 380 g/mol. The van der Waals surface area contributed by atoms with E-state index < -0.39 is 0 Å². The zero-order valence-corrected chi connectivity index (χ0v) is 18.3.